The lowest BCUT2D eigenvalue weighted by Crippen LogP contribution is -2.30. The van der Waals surface area contributed by atoms with Crippen LogP contribution in [0, 0.1) is 11.8 Å². The molecule has 3 N–H and O–H groups in total. The number of unbranched alkanes of at least 4 members (excludes halogenated alkanes) is 48. The van der Waals surface area contributed by atoms with Crippen molar-refractivity contribution in [3.63, 3.8) is 0 Å². The molecule has 98 heavy (non-hydrogen) atoms. The van der Waals surface area contributed by atoms with E-state index in [-0.39, 0.29) is 25.7 Å². The highest BCUT2D eigenvalue weighted by Crippen LogP contribution is 2.45. The lowest BCUT2D eigenvalue weighted by Gasteiger charge is -2.21. The third kappa shape index (κ3) is 72.4. The van der Waals surface area contributed by atoms with Crippen molar-refractivity contribution in [2.24, 2.45) is 11.8 Å². The number of carbonyl (C=O) groups excluding carboxylic acids is 4. The van der Waals surface area contributed by atoms with Gasteiger partial charge < -0.3 is 33.8 Å². The first-order valence-corrected chi connectivity index (χ1v) is 44.0. The molecular formula is C79H154O17P2. The number of aliphatic hydroxyl groups is 1. The van der Waals surface area contributed by atoms with Crippen molar-refractivity contribution < 1.29 is 80.2 Å². The third-order valence-corrected chi connectivity index (χ3v) is 20.4. The zero-order valence-electron chi connectivity index (χ0n) is 64.1. The molecule has 0 aliphatic carbocycles. The molecule has 0 aliphatic heterocycles. The monoisotopic (exact) mass is 1440 g/mol. The number of phosphoric acid groups is 2. The van der Waals surface area contributed by atoms with Crippen LogP contribution in [0.5, 0.6) is 0 Å². The van der Waals surface area contributed by atoms with Crippen molar-refractivity contribution in [2.75, 3.05) is 39.6 Å². The van der Waals surface area contributed by atoms with E-state index in [1.54, 1.807) is 0 Å². The summed E-state index contributed by atoms with van der Waals surface area (Å²) in [4.78, 5) is 72.9. The first-order valence-electron chi connectivity index (χ1n) is 41.0. The molecule has 0 aromatic heterocycles. The van der Waals surface area contributed by atoms with Gasteiger partial charge in [0, 0.05) is 25.7 Å². The minimum absolute atomic E-state index is 0.105. The Labute approximate surface area is 600 Å². The number of aliphatic hydroxyl groups excluding tert-OH is 1. The van der Waals surface area contributed by atoms with E-state index in [1.165, 1.54) is 231 Å². The van der Waals surface area contributed by atoms with Crippen molar-refractivity contribution in [2.45, 2.75) is 432 Å². The van der Waals surface area contributed by atoms with Gasteiger partial charge in [0.25, 0.3) is 0 Å². The second kappa shape index (κ2) is 70.7. The molecule has 0 spiro atoms. The molecule has 0 rings (SSSR count). The van der Waals surface area contributed by atoms with Crippen LogP contribution in [0.15, 0.2) is 0 Å². The fraction of sp³-hybridized carbons (Fsp3) is 0.949. The van der Waals surface area contributed by atoms with Crippen LogP contribution in [0.1, 0.15) is 414 Å². The fourth-order valence-electron chi connectivity index (χ4n) is 12.2. The van der Waals surface area contributed by atoms with Crippen molar-refractivity contribution in [1.29, 1.82) is 0 Å². The highest BCUT2D eigenvalue weighted by molar-refractivity contribution is 7.47. The van der Waals surface area contributed by atoms with E-state index in [1.807, 2.05) is 0 Å². The molecule has 0 radical (unpaired) electrons. The summed E-state index contributed by atoms with van der Waals surface area (Å²) >= 11 is 0. The zero-order valence-corrected chi connectivity index (χ0v) is 65.9. The Morgan fingerprint density at radius 2 is 0.469 bits per heavy atom. The average Bonchev–Trinajstić information content (AvgIpc) is 1.08. The van der Waals surface area contributed by atoms with Gasteiger partial charge in [0.05, 0.1) is 26.4 Å². The van der Waals surface area contributed by atoms with Crippen LogP contribution in [0.2, 0.25) is 0 Å². The summed E-state index contributed by atoms with van der Waals surface area (Å²) in [6, 6.07) is 0. The van der Waals surface area contributed by atoms with E-state index >= 15 is 0 Å². The summed E-state index contributed by atoms with van der Waals surface area (Å²) in [5.74, 6) is -0.586. The largest absolute Gasteiger partial charge is 0.472 e. The number of phosphoric ester groups is 2. The van der Waals surface area contributed by atoms with Gasteiger partial charge in [0.1, 0.15) is 19.3 Å². The summed E-state index contributed by atoms with van der Waals surface area (Å²) in [5, 5.41) is 10.6. The average molecular weight is 1440 g/mol. The highest BCUT2D eigenvalue weighted by Gasteiger charge is 2.30. The van der Waals surface area contributed by atoms with Crippen LogP contribution < -0.4 is 0 Å². The van der Waals surface area contributed by atoms with Crippen molar-refractivity contribution in [3.05, 3.63) is 0 Å². The van der Waals surface area contributed by atoms with Crippen LogP contribution in [0.4, 0.5) is 0 Å². The molecule has 0 fully saturated rings. The highest BCUT2D eigenvalue weighted by atomic mass is 31.2. The number of esters is 4. The summed E-state index contributed by atoms with van der Waals surface area (Å²) in [6.07, 6.45) is 59.7. The van der Waals surface area contributed by atoms with Crippen LogP contribution in [0.25, 0.3) is 0 Å². The van der Waals surface area contributed by atoms with Gasteiger partial charge in [-0.25, -0.2) is 9.13 Å². The second-order valence-corrected chi connectivity index (χ2v) is 32.3. The maximum absolute atomic E-state index is 13.1. The molecule has 0 aliphatic rings. The molecule has 0 heterocycles. The van der Waals surface area contributed by atoms with E-state index in [0.29, 0.717) is 25.7 Å². The van der Waals surface area contributed by atoms with E-state index < -0.39 is 97.5 Å². The van der Waals surface area contributed by atoms with E-state index in [0.717, 1.165) is 102 Å². The Bertz CT molecular complexity index is 1890. The first-order chi connectivity index (χ1) is 47.4. The van der Waals surface area contributed by atoms with E-state index in [2.05, 4.69) is 41.5 Å². The predicted molar refractivity (Wildman–Crippen MR) is 400 cm³/mol. The predicted octanol–water partition coefficient (Wildman–Crippen LogP) is 23.5. The van der Waals surface area contributed by atoms with Gasteiger partial charge in [-0.05, 0) is 37.5 Å². The molecule has 0 bridgehead atoms. The second-order valence-electron chi connectivity index (χ2n) is 29.4. The van der Waals surface area contributed by atoms with Crippen molar-refractivity contribution in [3.8, 4) is 0 Å². The van der Waals surface area contributed by atoms with Gasteiger partial charge in [0.15, 0.2) is 12.2 Å². The van der Waals surface area contributed by atoms with E-state index in [9.17, 15) is 43.2 Å². The molecule has 17 nitrogen and oxygen atoms in total. The smallest absolute Gasteiger partial charge is 0.462 e. The number of rotatable bonds is 78. The molecule has 5 atom stereocenters. The SMILES string of the molecule is CCCCCCCCCCCCCCCCCCCCC(=O)OC[C@H](COP(=O)(O)OC[C@@H](O)COP(=O)(O)OC[C@@H](COC(=O)CCCCCCCCCCCC)OC(=O)CCCCCCCCCCC(C)C)OC(=O)CCCCCCCCCCCCCCCCCCC(C)C. The Morgan fingerprint density at radius 3 is 0.694 bits per heavy atom. The quantitative estimate of drug-likeness (QED) is 0.0222. The van der Waals surface area contributed by atoms with Crippen LogP contribution in [-0.4, -0.2) is 96.7 Å². The van der Waals surface area contributed by atoms with Crippen LogP contribution >= 0.6 is 15.6 Å². The molecule has 0 saturated carbocycles. The lowest BCUT2D eigenvalue weighted by molar-refractivity contribution is -0.161. The third-order valence-electron chi connectivity index (χ3n) is 18.5. The molecular weight excluding hydrogens is 1280 g/mol. The van der Waals surface area contributed by atoms with Gasteiger partial charge in [-0.1, -0.05) is 363 Å². The van der Waals surface area contributed by atoms with Gasteiger partial charge in [-0.3, -0.25) is 37.3 Å². The molecule has 582 valence electrons. The van der Waals surface area contributed by atoms with Crippen molar-refractivity contribution >= 4 is 39.5 Å². The number of ether oxygens (including phenoxy) is 4. The maximum Gasteiger partial charge on any atom is 0.472 e. The molecule has 0 saturated heterocycles. The Balaban J connectivity index is 5.21. The molecule has 0 aromatic carbocycles. The zero-order chi connectivity index (χ0) is 72.1. The fourth-order valence-corrected chi connectivity index (χ4v) is 13.8. The molecule has 0 aromatic rings. The Hall–Kier alpha value is -1.94. The Kier molecular flexibility index (Phi) is 69.3. The normalized spacial score (nSPS) is 13.9. The lowest BCUT2D eigenvalue weighted by atomic mass is 10.0. The summed E-state index contributed by atoms with van der Waals surface area (Å²) < 4.78 is 68.6. The number of hydrogen-bond acceptors (Lipinski definition) is 15. The molecule has 19 heteroatoms. The minimum Gasteiger partial charge on any atom is -0.462 e. The molecule has 0 amide bonds. The Morgan fingerprint density at radius 1 is 0.276 bits per heavy atom. The summed E-state index contributed by atoms with van der Waals surface area (Å²) in [6.45, 7) is 9.60. The van der Waals surface area contributed by atoms with Gasteiger partial charge in [-0.2, -0.15) is 0 Å². The summed E-state index contributed by atoms with van der Waals surface area (Å²) in [7, 11) is -9.91. The van der Waals surface area contributed by atoms with Crippen molar-refractivity contribution in [1.82, 2.24) is 0 Å². The maximum atomic E-state index is 13.1. The van der Waals surface area contributed by atoms with Gasteiger partial charge in [-0.15, -0.1) is 0 Å². The minimum atomic E-state index is -4.96. The molecule has 2 unspecified atom stereocenters. The van der Waals surface area contributed by atoms with E-state index in [4.69, 9.17) is 37.0 Å². The topological polar surface area (TPSA) is 237 Å². The number of carbonyl (C=O) groups is 4. The van der Waals surface area contributed by atoms with Crippen LogP contribution in [0.3, 0.4) is 0 Å². The standard InChI is InChI=1S/C79H154O17P2/c1-7-9-11-13-15-17-19-20-21-22-23-27-30-33-37-44-50-56-62-77(82)90-67-74(95-78(83)63-57-51-45-38-34-31-28-25-24-26-29-32-35-41-47-53-59-71(3)4)69-93-97(85,86)91-65-73(80)66-92-98(87,88)94-70-75(68-89-76(81)61-55-49-43-36-18-16-14-12-10-8-2)96-79(84)64-58-52-46-40-39-42-48-54-60-72(5)6/h71-75,80H,7-70H2,1-6H3,(H,85,86)(H,87,88)/t73-,74-,75-/m1/s1. The van der Waals surface area contributed by atoms with Gasteiger partial charge in [0.2, 0.25) is 0 Å². The first kappa shape index (κ1) is 96.1. The summed E-state index contributed by atoms with van der Waals surface area (Å²) in [5.41, 5.74) is 0. The van der Waals surface area contributed by atoms with Gasteiger partial charge >= 0.3 is 39.5 Å². The number of hydrogen-bond donors (Lipinski definition) is 3. The van der Waals surface area contributed by atoms with Crippen LogP contribution in [-0.2, 0) is 65.4 Å².